The molecular weight excluding hydrogens is 388 g/mol. The van der Waals surface area contributed by atoms with Crippen LogP contribution >= 0.6 is 0 Å². The number of carbonyl (C=O) groups is 1. The molecule has 0 radical (unpaired) electrons. The van der Waals surface area contributed by atoms with Gasteiger partial charge in [-0.05, 0) is 30.5 Å². The first-order valence-corrected chi connectivity index (χ1v) is 9.69. The molecule has 0 aliphatic carbocycles. The number of nitro benzene ring substituents is 1. The SMILES string of the molecule is O=C1OC(c2ccc([N+](=O)[O-])cc2)=N/C1=C/N1C[C@H]2C[C@@H](C1)c1cccc(=O)n1C2. The van der Waals surface area contributed by atoms with Gasteiger partial charge in [0.2, 0.25) is 5.90 Å². The van der Waals surface area contributed by atoms with Crippen molar-refractivity contribution in [2.24, 2.45) is 10.9 Å². The number of fused-ring (bicyclic) bond motifs is 4. The monoisotopic (exact) mass is 406 g/mol. The highest BCUT2D eigenvalue weighted by atomic mass is 16.6. The number of non-ortho nitro benzene ring substituents is 1. The zero-order valence-corrected chi connectivity index (χ0v) is 15.9. The van der Waals surface area contributed by atoms with Crippen molar-refractivity contribution in [3.63, 3.8) is 0 Å². The molecule has 2 bridgehead atoms. The topological polar surface area (TPSA) is 107 Å². The lowest BCUT2D eigenvalue weighted by molar-refractivity contribution is -0.384. The van der Waals surface area contributed by atoms with Gasteiger partial charge in [0.15, 0.2) is 5.70 Å². The van der Waals surface area contributed by atoms with E-state index in [1.807, 2.05) is 10.6 Å². The molecule has 0 N–H and O–H groups in total. The summed E-state index contributed by atoms with van der Waals surface area (Å²) in [5.74, 6) is 0.133. The van der Waals surface area contributed by atoms with Gasteiger partial charge >= 0.3 is 5.97 Å². The third-order valence-corrected chi connectivity index (χ3v) is 5.76. The van der Waals surface area contributed by atoms with Crippen LogP contribution in [0, 0.1) is 16.0 Å². The van der Waals surface area contributed by atoms with Crippen LogP contribution in [0.5, 0.6) is 0 Å². The van der Waals surface area contributed by atoms with Crippen molar-refractivity contribution in [3.05, 3.63) is 86.1 Å². The minimum atomic E-state index is -0.546. The number of ether oxygens (including phenoxy) is 1. The second-order valence-corrected chi connectivity index (χ2v) is 7.78. The van der Waals surface area contributed by atoms with E-state index in [0.29, 0.717) is 24.6 Å². The fraction of sp³-hybridized carbons (Fsp3) is 0.286. The molecule has 152 valence electrons. The third-order valence-electron chi connectivity index (χ3n) is 5.76. The molecule has 5 rings (SSSR count). The van der Waals surface area contributed by atoms with E-state index in [9.17, 15) is 19.7 Å². The van der Waals surface area contributed by atoms with E-state index < -0.39 is 10.9 Å². The van der Waals surface area contributed by atoms with Gasteiger partial charge < -0.3 is 14.2 Å². The van der Waals surface area contributed by atoms with Crippen molar-refractivity contribution >= 4 is 17.6 Å². The van der Waals surface area contributed by atoms with Gasteiger partial charge in [-0.15, -0.1) is 0 Å². The number of hydrogen-bond acceptors (Lipinski definition) is 7. The molecule has 0 unspecified atom stereocenters. The van der Waals surface area contributed by atoms with Crippen LogP contribution in [0.3, 0.4) is 0 Å². The minimum Gasteiger partial charge on any atom is -0.402 e. The molecule has 4 heterocycles. The van der Waals surface area contributed by atoms with E-state index in [1.54, 1.807) is 18.3 Å². The van der Waals surface area contributed by atoms with Gasteiger partial charge in [0.05, 0.1) is 4.92 Å². The lowest BCUT2D eigenvalue weighted by Gasteiger charge is -2.42. The number of carbonyl (C=O) groups excluding carboxylic acids is 1. The van der Waals surface area contributed by atoms with E-state index in [0.717, 1.165) is 18.7 Å². The number of rotatable bonds is 3. The first kappa shape index (κ1) is 18.3. The van der Waals surface area contributed by atoms with Gasteiger partial charge in [-0.3, -0.25) is 14.9 Å². The van der Waals surface area contributed by atoms with E-state index in [-0.39, 0.29) is 28.8 Å². The molecule has 0 saturated carbocycles. The van der Waals surface area contributed by atoms with Crippen molar-refractivity contribution in [2.75, 3.05) is 13.1 Å². The van der Waals surface area contributed by atoms with E-state index in [1.165, 1.54) is 24.3 Å². The molecule has 0 amide bonds. The summed E-state index contributed by atoms with van der Waals surface area (Å²) in [6, 6.07) is 11.1. The summed E-state index contributed by atoms with van der Waals surface area (Å²) in [7, 11) is 0. The van der Waals surface area contributed by atoms with Crippen LogP contribution in [-0.2, 0) is 16.1 Å². The Morgan fingerprint density at radius 3 is 2.67 bits per heavy atom. The second-order valence-electron chi connectivity index (χ2n) is 7.78. The molecule has 1 saturated heterocycles. The zero-order chi connectivity index (χ0) is 20.8. The Hall–Kier alpha value is -3.75. The lowest BCUT2D eigenvalue weighted by atomic mass is 9.83. The summed E-state index contributed by atoms with van der Waals surface area (Å²) in [4.78, 5) is 41.1. The predicted octanol–water partition coefficient (Wildman–Crippen LogP) is 2.02. The molecule has 9 nitrogen and oxygen atoms in total. The quantitative estimate of drug-likeness (QED) is 0.334. The Labute approximate surface area is 171 Å². The third kappa shape index (κ3) is 3.18. The molecule has 1 fully saturated rings. The van der Waals surface area contributed by atoms with Crippen molar-refractivity contribution in [1.29, 1.82) is 0 Å². The number of nitro groups is 1. The molecule has 30 heavy (non-hydrogen) atoms. The number of likely N-dealkylation sites (tertiary alicyclic amines) is 1. The number of cyclic esters (lactones) is 1. The maximum Gasteiger partial charge on any atom is 0.365 e. The number of aliphatic imine (C=N–C) groups is 1. The summed E-state index contributed by atoms with van der Waals surface area (Å²) in [6.45, 7) is 2.10. The fourth-order valence-corrected chi connectivity index (χ4v) is 4.46. The highest BCUT2D eigenvalue weighted by Gasteiger charge is 2.34. The lowest BCUT2D eigenvalue weighted by Crippen LogP contribution is -2.45. The summed E-state index contributed by atoms with van der Waals surface area (Å²) in [5, 5.41) is 10.8. The standard InChI is InChI=1S/C21H18N4O5/c26-19-3-1-2-18-15-8-13(10-24(18)19)9-23(11-15)12-17-21(27)30-20(22-17)14-4-6-16(7-5-14)25(28)29/h1-7,12-13,15H,8-11H2/b17-12+/t13-,15+/m1/s1. The molecule has 3 aliphatic heterocycles. The Morgan fingerprint density at radius 2 is 1.90 bits per heavy atom. The Kier molecular flexibility index (Phi) is 4.23. The van der Waals surface area contributed by atoms with E-state index in [4.69, 9.17) is 4.74 Å². The maximum atomic E-state index is 12.3. The highest BCUT2D eigenvalue weighted by Crippen LogP contribution is 2.35. The first-order chi connectivity index (χ1) is 14.5. The normalized spacial score (nSPS) is 23.7. The number of benzene rings is 1. The number of aromatic nitrogens is 1. The van der Waals surface area contributed by atoms with Crippen LogP contribution in [-0.4, -0.2) is 39.3 Å². The number of esters is 1. The van der Waals surface area contributed by atoms with Crippen molar-refractivity contribution in [3.8, 4) is 0 Å². The van der Waals surface area contributed by atoms with Crippen molar-refractivity contribution in [2.45, 2.75) is 18.9 Å². The molecule has 1 aromatic heterocycles. The smallest absolute Gasteiger partial charge is 0.365 e. The van der Waals surface area contributed by atoms with Crippen LogP contribution in [0.25, 0.3) is 0 Å². The summed E-state index contributed by atoms with van der Waals surface area (Å²) < 4.78 is 7.13. The Bertz CT molecular complexity index is 1160. The molecule has 0 spiro atoms. The maximum absolute atomic E-state index is 12.3. The van der Waals surface area contributed by atoms with Crippen LogP contribution in [0.1, 0.15) is 23.6 Å². The van der Waals surface area contributed by atoms with Gasteiger partial charge in [-0.2, -0.15) is 0 Å². The van der Waals surface area contributed by atoms with Gasteiger partial charge in [0.25, 0.3) is 11.2 Å². The van der Waals surface area contributed by atoms with Crippen LogP contribution in [0.15, 0.2) is 64.1 Å². The average Bonchev–Trinajstić information content (AvgIpc) is 3.09. The van der Waals surface area contributed by atoms with Crippen molar-refractivity contribution in [1.82, 2.24) is 9.47 Å². The highest BCUT2D eigenvalue weighted by molar-refractivity contribution is 6.11. The van der Waals surface area contributed by atoms with Crippen LogP contribution < -0.4 is 5.56 Å². The first-order valence-electron chi connectivity index (χ1n) is 9.69. The van der Waals surface area contributed by atoms with Gasteiger partial charge in [-0.25, -0.2) is 9.79 Å². The predicted molar refractivity (Wildman–Crippen MR) is 107 cm³/mol. The average molecular weight is 406 g/mol. The van der Waals surface area contributed by atoms with Gasteiger partial charge in [0, 0.05) is 61.2 Å². The fourth-order valence-electron chi connectivity index (χ4n) is 4.46. The number of nitrogens with zero attached hydrogens (tertiary/aromatic N) is 4. The zero-order valence-electron chi connectivity index (χ0n) is 15.9. The molecule has 2 atom stereocenters. The number of pyridine rings is 1. The van der Waals surface area contributed by atoms with Crippen LogP contribution in [0.2, 0.25) is 0 Å². The summed E-state index contributed by atoms with van der Waals surface area (Å²) in [5.41, 5.74) is 1.73. The van der Waals surface area contributed by atoms with Gasteiger partial charge in [-0.1, -0.05) is 6.07 Å². The largest absolute Gasteiger partial charge is 0.402 e. The molecule has 2 aromatic rings. The second kappa shape index (κ2) is 6.94. The van der Waals surface area contributed by atoms with Crippen molar-refractivity contribution < 1.29 is 14.5 Å². The van der Waals surface area contributed by atoms with E-state index >= 15 is 0 Å². The number of hydrogen-bond donors (Lipinski definition) is 0. The Balaban J connectivity index is 1.38. The van der Waals surface area contributed by atoms with E-state index in [2.05, 4.69) is 9.89 Å². The summed E-state index contributed by atoms with van der Waals surface area (Å²) in [6.07, 6.45) is 2.74. The number of piperidine rings is 1. The molecule has 3 aliphatic rings. The molecule has 9 heteroatoms. The Morgan fingerprint density at radius 1 is 1.10 bits per heavy atom. The van der Waals surface area contributed by atoms with Gasteiger partial charge in [0.1, 0.15) is 0 Å². The summed E-state index contributed by atoms with van der Waals surface area (Å²) >= 11 is 0. The minimum absolute atomic E-state index is 0.0331. The molecular formula is C21H18N4O5. The molecule has 1 aromatic carbocycles. The van der Waals surface area contributed by atoms with Crippen LogP contribution in [0.4, 0.5) is 5.69 Å².